The highest BCUT2D eigenvalue weighted by molar-refractivity contribution is 7.17. The lowest BCUT2D eigenvalue weighted by molar-refractivity contribution is -0.117. The van der Waals surface area contributed by atoms with E-state index in [-0.39, 0.29) is 29.1 Å². The average Bonchev–Trinajstić information content (AvgIpc) is 3.42. The molecule has 0 spiro atoms. The maximum absolute atomic E-state index is 12.9. The molecule has 2 aromatic rings. The van der Waals surface area contributed by atoms with Gasteiger partial charge >= 0.3 is 5.97 Å². The van der Waals surface area contributed by atoms with E-state index in [9.17, 15) is 9.59 Å². The standard InChI is InChI=1S/C24H29NO3S/c1-24(2,3)15-10-11-16-19(12-15)29-22(20(16)23(27)28-4)25-21(26)18-13-17(18)14-8-6-5-7-9-14/h5-9,15,17-18H,10-13H2,1-4H3,(H,25,26)/t15-,17+,18-/m0/s1. The van der Waals surface area contributed by atoms with Gasteiger partial charge in [-0.3, -0.25) is 4.79 Å². The van der Waals surface area contributed by atoms with E-state index in [0.29, 0.717) is 16.5 Å². The molecule has 154 valence electrons. The van der Waals surface area contributed by atoms with Crippen LogP contribution in [0.15, 0.2) is 30.3 Å². The Bertz CT molecular complexity index is 926. The van der Waals surface area contributed by atoms with Crippen molar-refractivity contribution in [3.8, 4) is 0 Å². The van der Waals surface area contributed by atoms with Crippen molar-refractivity contribution >= 4 is 28.2 Å². The number of carbonyl (C=O) groups is 2. The van der Waals surface area contributed by atoms with Crippen LogP contribution >= 0.6 is 11.3 Å². The number of methoxy groups -OCH3 is 1. The summed E-state index contributed by atoms with van der Waals surface area (Å²) in [7, 11) is 1.41. The van der Waals surface area contributed by atoms with Crippen molar-refractivity contribution < 1.29 is 14.3 Å². The molecule has 0 unspecified atom stereocenters. The summed E-state index contributed by atoms with van der Waals surface area (Å²) in [5.74, 6) is 0.493. The Kier molecular flexibility index (Phi) is 5.28. The monoisotopic (exact) mass is 411 g/mol. The Morgan fingerprint density at radius 2 is 1.90 bits per heavy atom. The Labute approximate surface area is 176 Å². The quantitative estimate of drug-likeness (QED) is 0.683. The van der Waals surface area contributed by atoms with Gasteiger partial charge in [-0.15, -0.1) is 11.3 Å². The lowest BCUT2D eigenvalue weighted by atomic mass is 9.72. The molecule has 1 fully saturated rings. The summed E-state index contributed by atoms with van der Waals surface area (Å²) in [6.07, 6.45) is 3.74. The number of thiophene rings is 1. The molecule has 4 nitrogen and oxygen atoms in total. The van der Waals surface area contributed by atoms with Crippen LogP contribution in [0, 0.1) is 17.3 Å². The average molecular weight is 412 g/mol. The van der Waals surface area contributed by atoms with Gasteiger partial charge in [-0.25, -0.2) is 4.79 Å². The minimum atomic E-state index is -0.345. The molecule has 0 saturated heterocycles. The highest BCUT2D eigenvalue weighted by Gasteiger charge is 2.44. The first-order valence-electron chi connectivity index (χ1n) is 10.4. The summed E-state index contributed by atoms with van der Waals surface area (Å²) in [5, 5.41) is 3.74. The second-order valence-corrected chi connectivity index (χ2v) is 10.5. The molecule has 1 aromatic heterocycles. The molecule has 1 saturated carbocycles. The number of carbonyl (C=O) groups excluding carboxylic acids is 2. The minimum Gasteiger partial charge on any atom is -0.465 e. The molecular formula is C24H29NO3S. The molecule has 5 heteroatoms. The molecule has 3 atom stereocenters. The van der Waals surface area contributed by atoms with E-state index >= 15 is 0 Å². The number of benzene rings is 1. The second kappa shape index (κ2) is 7.60. The number of esters is 1. The minimum absolute atomic E-state index is 0.00924. The predicted octanol–water partition coefficient (Wildman–Crippen LogP) is 5.43. The van der Waals surface area contributed by atoms with E-state index in [0.717, 1.165) is 31.2 Å². The van der Waals surface area contributed by atoms with E-state index in [4.69, 9.17) is 4.74 Å². The molecular weight excluding hydrogens is 382 g/mol. The summed E-state index contributed by atoms with van der Waals surface area (Å²) < 4.78 is 5.06. The normalized spacial score (nSPS) is 23.2. The number of fused-ring (bicyclic) bond motifs is 1. The number of amides is 1. The number of hydrogen-bond donors (Lipinski definition) is 1. The van der Waals surface area contributed by atoms with Gasteiger partial charge in [-0.05, 0) is 54.1 Å². The lowest BCUT2D eigenvalue weighted by Gasteiger charge is -2.33. The molecule has 4 rings (SSSR count). The fraction of sp³-hybridized carbons (Fsp3) is 0.500. The van der Waals surface area contributed by atoms with Crippen LogP contribution in [0.5, 0.6) is 0 Å². The molecule has 0 radical (unpaired) electrons. The Balaban J connectivity index is 1.55. The van der Waals surface area contributed by atoms with E-state index in [1.165, 1.54) is 17.6 Å². The van der Waals surface area contributed by atoms with Crippen LogP contribution < -0.4 is 5.32 Å². The van der Waals surface area contributed by atoms with Gasteiger partial charge in [-0.2, -0.15) is 0 Å². The predicted molar refractivity (Wildman–Crippen MR) is 117 cm³/mol. The first-order valence-corrected chi connectivity index (χ1v) is 11.2. The van der Waals surface area contributed by atoms with E-state index in [2.05, 4.69) is 38.2 Å². The summed E-state index contributed by atoms with van der Waals surface area (Å²) >= 11 is 1.56. The summed E-state index contributed by atoms with van der Waals surface area (Å²) in [4.78, 5) is 26.7. The highest BCUT2D eigenvalue weighted by atomic mass is 32.1. The van der Waals surface area contributed by atoms with Crippen molar-refractivity contribution in [2.75, 3.05) is 12.4 Å². The van der Waals surface area contributed by atoms with Crippen LogP contribution in [-0.4, -0.2) is 19.0 Å². The third-order valence-corrected chi connectivity index (χ3v) is 7.64. The van der Waals surface area contributed by atoms with Crippen molar-refractivity contribution in [2.24, 2.45) is 17.3 Å². The molecule has 29 heavy (non-hydrogen) atoms. The van der Waals surface area contributed by atoms with Crippen LogP contribution in [0.3, 0.4) is 0 Å². The molecule has 1 aromatic carbocycles. The maximum atomic E-state index is 12.9. The fourth-order valence-corrected chi connectivity index (χ4v) is 5.81. The van der Waals surface area contributed by atoms with Crippen molar-refractivity contribution in [1.29, 1.82) is 0 Å². The van der Waals surface area contributed by atoms with Gasteiger partial charge in [0.2, 0.25) is 5.91 Å². The molecule has 2 aliphatic carbocycles. The molecule has 1 heterocycles. The molecule has 0 bridgehead atoms. The van der Waals surface area contributed by atoms with Gasteiger partial charge < -0.3 is 10.1 Å². The number of hydrogen-bond acceptors (Lipinski definition) is 4. The molecule has 1 amide bonds. The van der Waals surface area contributed by atoms with Gasteiger partial charge in [0, 0.05) is 10.8 Å². The number of anilines is 1. The van der Waals surface area contributed by atoms with Gasteiger partial charge in [0.15, 0.2) is 0 Å². The Morgan fingerprint density at radius 1 is 1.17 bits per heavy atom. The fourth-order valence-electron chi connectivity index (χ4n) is 4.49. The van der Waals surface area contributed by atoms with E-state index in [1.807, 2.05) is 18.2 Å². The van der Waals surface area contributed by atoms with Gasteiger partial charge in [0.1, 0.15) is 5.00 Å². The summed E-state index contributed by atoms with van der Waals surface area (Å²) in [6.45, 7) is 6.82. The van der Waals surface area contributed by atoms with Crippen molar-refractivity contribution in [1.82, 2.24) is 0 Å². The summed E-state index contributed by atoms with van der Waals surface area (Å²) in [5.41, 5.74) is 3.09. The zero-order chi connectivity index (χ0) is 20.8. The first-order chi connectivity index (χ1) is 13.8. The topological polar surface area (TPSA) is 55.4 Å². The maximum Gasteiger partial charge on any atom is 0.341 e. The zero-order valence-corrected chi connectivity index (χ0v) is 18.4. The highest BCUT2D eigenvalue weighted by Crippen LogP contribution is 2.49. The van der Waals surface area contributed by atoms with E-state index in [1.54, 1.807) is 11.3 Å². The molecule has 2 aliphatic rings. The third kappa shape index (κ3) is 3.97. The van der Waals surface area contributed by atoms with Crippen LogP contribution in [0.2, 0.25) is 0 Å². The SMILES string of the molecule is COC(=O)c1c(NC(=O)[C@H]2C[C@@H]2c2ccccc2)sc2c1CC[C@H](C(C)(C)C)C2. The number of nitrogens with one attached hydrogen (secondary N) is 1. The number of rotatable bonds is 4. The smallest absolute Gasteiger partial charge is 0.341 e. The van der Waals surface area contributed by atoms with Crippen LogP contribution in [-0.2, 0) is 22.4 Å². The third-order valence-electron chi connectivity index (χ3n) is 6.47. The molecule has 0 aliphatic heterocycles. The Morgan fingerprint density at radius 3 is 2.55 bits per heavy atom. The summed E-state index contributed by atoms with van der Waals surface area (Å²) in [6, 6.07) is 10.2. The van der Waals surface area contributed by atoms with Gasteiger partial charge in [-0.1, -0.05) is 51.1 Å². The van der Waals surface area contributed by atoms with Crippen LogP contribution in [0.4, 0.5) is 5.00 Å². The van der Waals surface area contributed by atoms with Crippen molar-refractivity contribution in [3.05, 3.63) is 51.9 Å². The Hall–Kier alpha value is -2.14. The largest absolute Gasteiger partial charge is 0.465 e. The van der Waals surface area contributed by atoms with Crippen molar-refractivity contribution in [3.63, 3.8) is 0 Å². The zero-order valence-electron chi connectivity index (χ0n) is 17.6. The lowest BCUT2D eigenvalue weighted by Crippen LogP contribution is -2.26. The first kappa shape index (κ1) is 20.1. The molecule has 1 N–H and O–H groups in total. The van der Waals surface area contributed by atoms with Crippen LogP contribution in [0.1, 0.15) is 65.9 Å². The van der Waals surface area contributed by atoms with E-state index < -0.39 is 0 Å². The van der Waals surface area contributed by atoms with Gasteiger partial charge in [0.05, 0.1) is 12.7 Å². The van der Waals surface area contributed by atoms with Crippen molar-refractivity contribution in [2.45, 2.75) is 52.4 Å². The second-order valence-electron chi connectivity index (χ2n) is 9.35. The number of ether oxygens (including phenoxy) is 1. The van der Waals surface area contributed by atoms with Crippen LogP contribution in [0.25, 0.3) is 0 Å². The van der Waals surface area contributed by atoms with Gasteiger partial charge in [0.25, 0.3) is 0 Å².